The zero-order valence-electron chi connectivity index (χ0n) is 7.27. The van der Waals surface area contributed by atoms with Crippen LogP contribution in [0, 0.1) is 5.92 Å². The maximum atomic E-state index is 11.8. The molecule has 1 fully saturated rings. The number of nitrogens with one attached hydrogen (secondary N) is 1. The summed E-state index contributed by atoms with van der Waals surface area (Å²) in [5.41, 5.74) is 0. The minimum absolute atomic E-state index is 0.208. The van der Waals surface area contributed by atoms with Gasteiger partial charge in [0.05, 0.1) is 13.2 Å². The molecule has 1 atom stereocenters. The van der Waals surface area contributed by atoms with E-state index in [-0.39, 0.29) is 18.6 Å². The summed E-state index contributed by atoms with van der Waals surface area (Å²) in [6.45, 7) is -1.21. The Hall–Kier alpha value is -0.290. The van der Waals surface area contributed by atoms with Crippen molar-refractivity contribution in [3.63, 3.8) is 0 Å². The van der Waals surface area contributed by atoms with Crippen molar-refractivity contribution in [1.82, 2.24) is 5.32 Å². The van der Waals surface area contributed by atoms with Crippen LogP contribution in [-0.2, 0) is 0 Å². The van der Waals surface area contributed by atoms with E-state index in [9.17, 15) is 13.2 Å². The first-order valence-electron chi connectivity index (χ1n) is 4.44. The van der Waals surface area contributed by atoms with Crippen LogP contribution >= 0.6 is 0 Å². The van der Waals surface area contributed by atoms with E-state index in [1.54, 1.807) is 0 Å². The topological polar surface area (TPSA) is 32.3 Å². The monoisotopic (exact) mass is 197 g/mol. The van der Waals surface area contributed by atoms with Crippen molar-refractivity contribution >= 4 is 0 Å². The molecule has 5 heteroatoms. The Balaban J connectivity index is 2.23. The first-order valence-corrected chi connectivity index (χ1v) is 4.44. The second-order valence-corrected chi connectivity index (χ2v) is 3.48. The summed E-state index contributed by atoms with van der Waals surface area (Å²) in [6, 6.07) is -0.379. The average Bonchev–Trinajstić information content (AvgIpc) is 1.91. The maximum Gasteiger partial charge on any atom is 0.401 e. The normalized spacial score (nSPS) is 21.2. The smallest absolute Gasteiger partial charge is 0.395 e. The van der Waals surface area contributed by atoms with E-state index in [1.165, 1.54) is 0 Å². The molecule has 0 spiro atoms. The first-order chi connectivity index (χ1) is 6.03. The molecule has 1 saturated carbocycles. The molecule has 1 aliphatic carbocycles. The van der Waals surface area contributed by atoms with Crippen LogP contribution in [-0.4, -0.2) is 30.5 Å². The molecule has 2 N–H and O–H groups in total. The standard InChI is InChI=1S/C8H14F3NO/c9-8(10,11)5-12-7(4-13)6-2-1-3-6/h6-7,12-13H,1-5H2. The van der Waals surface area contributed by atoms with Crippen molar-refractivity contribution < 1.29 is 18.3 Å². The Morgan fingerprint density at radius 2 is 2.00 bits per heavy atom. The second kappa shape index (κ2) is 4.28. The highest BCUT2D eigenvalue weighted by molar-refractivity contribution is 4.82. The van der Waals surface area contributed by atoms with Gasteiger partial charge in [-0.3, -0.25) is 0 Å². The molecule has 1 rings (SSSR count). The van der Waals surface area contributed by atoms with E-state index in [0.717, 1.165) is 19.3 Å². The molecular formula is C8H14F3NO. The van der Waals surface area contributed by atoms with Crippen LogP contribution in [0.2, 0.25) is 0 Å². The van der Waals surface area contributed by atoms with Crippen molar-refractivity contribution in [1.29, 1.82) is 0 Å². The third-order valence-corrected chi connectivity index (χ3v) is 2.48. The third kappa shape index (κ3) is 3.52. The van der Waals surface area contributed by atoms with Gasteiger partial charge in [-0.1, -0.05) is 6.42 Å². The third-order valence-electron chi connectivity index (χ3n) is 2.48. The number of rotatable bonds is 4. The summed E-state index contributed by atoms with van der Waals surface area (Å²) < 4.78 is 35.4. The lowest BCUT2D eigenvalue weighted by molar-refractivity contribution is -0.128. The van der Waals surface area contributed by atoms with Gasteiger partial charge < -0.3 is 10.4 Å². The van der Waals surface area contributed by atoms with E-state index >= 15 is 0 Å². The lowest BCUT2D eigenvalue weighted by Crippen LogP contribution is -2.45. The number of aliphatic hydroxyl groups excluding tert-OH is 1. The lowest BCUT2D eigenvalue weighted by atomic mass is 9.80. The van der Waals surface area contributed by atoms with Crippen molar-refractivity contribution in [2.24, 2.45) is 5.92 Å². The SMILES string of the molecule is OCC(NCC(F)(F)F)C1CCC1. The van der Waals surface area contributed by atoms with E-state index in [1.807, 2.05) is 0 Å². The van der Waals surface area contributed by atoms with Crippen LogP contribution in [0.5, 0.6) is 0 Å². The summed E-state index contributed by atoms with van der Waals surface area (Å²) in [6.07, 6.45) is -1.27. The maximum absolute atomic E-state index is 11.8. The summed E-state index contributed by atoms with van der Waals surface area (Å²) in [7, 11) is 0. The fraction of sp³-hybridized carbons (Fsp3) is 1.00. The summed E-state index contributed by atoms with van der Waals surface area (Å²) in [5.74, 6) is 0.229. The van der Waals surface area contributed by atoms with Gasteiger partial charge >= 0.3 is 6.18 Å². The fourth-order valence-corrected chi connectivity index (χ4v) is 1.47. The minimum Gasteiger partial charge on any atom is -0.395 e. The van der Waals surface area contributed by atoms with Crippen LogP contribution in [0.25, 0.3) is 0 Å². The molecule has 0 aromatic carbocycles. The van der Waals surface area contributed by atoms with Gasteiger partial charge in [0.1, 0.15) is 0 Å². The summed E-state index contributed by atoms with van der Waals surface area (Å²) in [4.78, 5) is 0. The Kier molecular flexibility index (Phi) is 3.55. The van der Waals surface area contributed by atoms with Gasteiger partial charge in [-0.15, -0.1) is 0 Å². The van der Waals surface area contributed by atoms with Crippen molar-refractivity contribution in [2.75, 3.05) is 13.2 Å². The Morgan fingerprint density at radius 3 is 2.31 bits per heavy atom. The molecule has 13 heavy (non-hydrogen) atoms. The van der Waals surface area contributed by atoms with Gasteiger partial charge in [0.15, 0.2) is 0 Å². The van der Waals surface area contributed by atoms with Gasteiger partial charge in [0.25, 0.3) is 0 Å². The molecule has 0 heterocycles. The summed E-state index contributed by atoms with van der Waals surface area (Å²) in [5, 5.41) is 11.2. The van der Waals surface area contributed by atoms with Gasteiger partial charge in [0.2, 0.25) is 0 Å². The zero-order valence-corrected chi connectivity index (χ0v) is 7.27. The van der Waals surface area contributed by atoms with Gasteiger partial charge in [-0.05, 0) is 18.8 Å². The van der Waals surface area contributed by atoms with E-state index in [4.69, 9.17) is 5.11 Å². The predicted octanol–water partition coefficient (Wildman–Crippen LogP) is 1.30. The molecule has 1 aliphatic rings. The number of alkyl halides is 3. The largest absolute Gasteiger partial charge is 0.401 e. The number of hydrogen-bond acceptors (Lipinski definition) is 2. The summed E-state index contributed by atoms with van der Waals surface area (Å²) >= 11 is 0. The second-order valence-electron chi connectivity index (χ2n) is 3.48. The highest BCUT2D eigenvalue weighted by atomic mass is 19.4. The van der Waals surface area contributed by atoms with Gasteiger partial charge in [0, 0.05) is 6.04 Å². The molecule has 78 valence electrons. The highest BCUT2D eigenvalue weighted by Crippen LogP contribution is 2.29. The number of hydrogen-bond donors (Lipinski definition) is 2. The van der Waals surface area contributed by atoms with E-state index in [2.05, 4.69) is 5.32 Å². The Labute approximate surface area is 75.1 Å². The van der Waals surface area contributed by atoms with Crippen molar-refractivity contribution in [3.05, 3.63) is 0 Å². The van der Waals surface area contributed by atoms with Crippen molar-refractivity contribution in [3.8, 4) is 0 Å². The van der Waals surface area contributed by atoms with Crippen LogP contribution in [0.15, 0.2) is 0 Å². The number of aliphatic hydroxyl groups is 1. The van der Waals surface area contributed by atoms with Crippen LogP contribution in [0.1, 0.15) is 19.3 Å². The molecule has 0 bridgehead atoms. The molecule has 0 radical (unpaired) electrons. The van der Waals surface area contributed by atoms with Gasteiger partial charge in [-0.25, -0.2) is 0 Å². The number of halogens is 3. The molecular weight excluding hydrogens is 183 g/mol. The minimum atomic E-state index is -4.18. The lowest BCUT2D eigenvalue weighted by Gasteiger charge is -2.33. The van der Waals surface area contributed by atoms with E-state index in [0.29, 0.717) is 0 Å². The van der Waals surface area contributed by atoms with Crippen LogP contribution < -0.4 is 5.32 Å². The molecule has 1 unspecified atom stereocenters. The molecule has 0 amide bonds. The predicted molar refractivity (Wildman–Crippen MR) is 42.3 cm³/mol. The van der Waals surface area contributed by atoms with E-state index < -0.39 is 12.7 Å². The zero-order chi connectivity index (χ0) is 9.90. The molecule has 0 aromatic heterocycles. The Bertz CT molecular complexity index is 156. The molecule has 0 saturated heterocycles. The fourth-order valence-electron chi connectivity index (χ4n) is 1.47. The van der Waals surface area contributed by atoms with Crippen LogP contribution in [0.3, 0.4) is 0 Å². The van der Waals surface area contributed by atoms with Gasteiger partial charge in [-0.2, -0.15) is 13.2 Å². The molecule has 0 aromatic rings. The molecule has 0 aliphatic heterocycles. The Morgan fingerprint density at radius 1 is 1.38 bits per heavy atom. The quantitative estimate of drug-likeness (QED) is 0.712. The van der Waals surface area contributed by atoms with Crippen molar-refractivity contribution in [2.45, 2.75) is 31.5 Å². The molecule has 2 nitrogen and oxygen atoms in total. The first kappa shape index (κ1) is 10.8. The highest BCUT2D eigenvalue weighted by Gasteiger charge is 2.32. The van der Waals surface area contributed by atoms with Crippen LogP contribution in [0.4, 0.5) is 13.2 Å². The average molecular weight is 197 g/mol.